The van der Waals surface area contributed by atoms with E-state index in [1.807, 2.05) is 25.1 Å². The molecular weight excluding hydrogens is 226 g/mol. The fraction of sp³-hybridized carbons (Fsp3) is 0.0769. The summed E-state index contributed by atoms with van der Waals surface area (Å²) in [7, 11) is 0. The highest BCUT2D eigenvalue weighted by molar-refractivity contribution is 5.96. The SMILES string of the molecule is Cc1[nH]c2ccccc2c1-c1ccnc(NN)n1. The first kappa shape index (κ1) is 10.7. The van der Waals surface area contributed by atoms with Crippen LogP contribution in [0.3, 0.4) is 0 Å². The second kappa shape index (κ2) is 4.12. The maximum atomic E-state index is 5.34. The number of rotatable bonds is 2. The average molecular weight is 239 g/mol. The van der Waals surface area contributed by atoms with E-state index < -0.39 is 0 Å². The van der Waals surface area contributed by atoms with Crippen LogP contribution in [0.4, 0.5) is 5.95 Å². The number of aromatic nitrogens is 3. The van der Waals surface area contributed by atoms with E-state index >= 15 is 0 Å². The Morgan fingerprint density at radius 2 is 2.06 bits per heavy atom. The molecule has 3 aromatic rings. The van der Waals surface area contributed by atoms with Crippen molar-refractivity contribution in [3.8, 4) is 11.3 Å². The quantitative estimate of drug-likeness (QED) is 0.473. The molecule has 0 atom stereocenters. The van der Waals surface area contributed by atoms with Gasteiger partial charge in [-0.1, -0.05) is 18.2 Å². The number of nitrogens with two attached hydrogens (primary N) is 1. The molecule has 4 N–H and O–H groups in total. The van der Waals surface area contributed by atoms with Gasteiger partial charge in [0.2, 0.25) is 5.95 Å². The Bertz CT molecular complexity index is 701. The lowest BCUT2D eigenvalue weighted by Crippen LogP contribution is -2.10. The lowest BCUT2D eigenvalue weighted by Gasteiger charge is -2.03. The number of hydrazine groups is 1. The van der Waals surface area contributed by atoms with Gasteiger partial charge >= 0.3 is 0 Å². The largest absolute Gasteiger partial charge is 0.358 e. The smallest absolute Gasteiger partial charge is 0.237 e. The first-order valence-corrected chi connectivity index (χ1v) is 5.67. The number of aromatic amines is 1. The first-order valence-electron chi connectivity index (χ1n) is 5.67. The molecule has 0 aliphatic heterocycles. The molecule has 2 aromatic heterocycles. The predicted octanol–water partition coefficient (Wildman–Crippen LogP) is 2.22. The van der Waals surface area contributed by atoms with Crippen LogP contribution in [0, 0.1) is 6.92 Å². The highest BCUT2D eigenvalue weighted by Crippen LogP contribution is 2.30. The zero-order valence-electron chi connectivity index (χ0n) is 9.94. The van der Waals surface area contributed by atoms with Gasteiger partial charge in [-0.3, -0.25) is 5.43 Å². The molecule has 5 nitrogen and oxygen atoms in total. The van der Waals surface area contributed by atoms with Gasteiger partial charge in [0.15, 0.2) is 0 Å². The summed E-state index contributed by atoms with van der Waals surface area (Å²) in [6, 6.07) is 10.0. The molecule has 0 bridgehead atoms. The second-order valence-electron chi connectivity index (χ2n) is 4.08. The summed E-state index contributed by atoms with van der Waals surface area (Å²) in [5.74, 6) is 5.75. The third kappa shape index (κ3) is 1.61. The fourth-order valence-corrected chi connectivity index (χ4v) is 2.17. The summed E-state index contributed by atoms with van der Waals surface area (Å²) in [4.78, 5) is 11.7. The van der Waals surface area contributed by atoms with Gasteiger partial charge in [-0.05, 0) is 19.1 Å². The van der Waals surface area contributed by atoms with Crippen molar-refractivity contribution >= 4 is 16.9 Å². The normalized spacial score (nSPS) is 10.8. The van der Waals surface area contributed by atoms with Gasteiger partial charge in [-0.2, -0.15) is 0 Å². The van der Waals surface area contributed by atoms with Crippen LogP contribution in [0.15, 0.2) is 36.5 Å². The Morgan fingerprint density at radius 3 is 2.89 bits per heavy atom. The molecule has 0 spiro atoms. The minimum atomic E-state index is 0.414. The van der Waals surface area contributed by atoms with Crippen LogP contribution in [0.2, 0.25) is 0 Å². The third-order valence-corrected chi connectivity index (χ3v) is 2.93. The molecule has 0 radical (unpaired) electrons. The minimum absolute atomic E-state index is 0.414. The summed E-state index contributed by atoms with van der Waals surface area (Å²) >= 11 is 0. The van der Waals surface area contributed by atoms with Crippen LogP contribution >= 0.6 is 0 Å². The molecule has 0 aliphatic rings. The number of hydrogen-bond acceptors (Lipinski definition) is 4. The van der Waals surface area contributed by atoms with E-state index in [9.17, 15) is 0 Å². The van der Waals surface area contributed by atoms with E-state index in [1.165, 1.54) is 0 Å². The number of aryl methyl sites for hydroxylation is 1. The predicted molar refractivity (Wildman–Crippen MR) is 71.9 cm³/mol. The number of benzene rings is 1. The van der Waals surface area contributed by atoms with Gasteiger partial charge in [0.25, 0.3) is 0 Å². The number of nitrogens with zero attached hydrogens (tertiary/aromatic N) is 2. The van der Waals surface area contributed by atoms with E-state index in [4.69, 9.17) is 5.84 Å². The molecule has 0 saturated carbocycles. The molecule has 0 fully saturated rings. The van der Waals surface area contributed by atoms with Crippen LogP contribution < -0.4 is 11.3 Å². The van der Waals surface area contributed by atoms with Gasteiger partial charge in [0, 0.05) is 28.4 Å². The molecule has 0 unspecified atom stereocenters. The molecule has 0 saturated heterocycles. The van der Waals surface area contributed by atoms with Gasteiger partial charge in [0.1, 0.15) is 0 Å². The van der Waals surface area contributed by atoms with Crippen molar-refractivity contribution < 1.29 is 0 Å². The Morgan fingerprint density at radius 1 is 1.22 bits per heavy atom. The summed E-state index contributed by atoms with van der Waals surface area (Å²) < 4.78 is 0. The highest BCUT2D eigenvalue weighted by Gasteiger charge is 2.11. The zero-order chi connectivity index (χ0) is 12.5. The molecule has 0 aliphatic carbocycles. The summed E-state index contributed by atoms with van der Waals surface area (Å²) in [6.07, 6.45) is 1.69. The summed E-state index contributed by atoms with van der Waals surface area (Å²) in [6.45, 7) is 2.03. The Kier molecular flexibility index (Phi) is 2.46. The van der Waals surface area contributed by atoms with Crippen molar-refractivity contribution in [1.29, 1.82) is 0 Å². The van der Waals surface area contributed by atoms with Crippen LogP contribution in [-0.4, -0.2) is 15.0 Å². The molecular formula is C13H13N5. The van der Waals surface area contributed by atoms with Crippen molar-refractivity contribution in [1.82, 2.24) is 15.0 Å². The standard InChI is InChI=1S/C13H13N5/c1-8-12(9-4-2-3-5-10(9)16-8)11-6-7-15-13(17-11)18-14/h2-7,16H,14H2,1H3,(H,15,17,18). The zero-order valence-corrected chi connectivity index (χ0v) is 9.94. The fourth-order valence-electron chi connectivity index (χ4n) is 2.17. The van der Waals surface area contributed by atoms with Crippen molar-refractivity contribution in [2.24, 2.45) is 5.84 Å². The van der Waals surface area contributed by atoms with Crippen molar-refractivity contribution in [2.45, 2.75) is 6.92 Å². The van der Waals surface area contributed by atoms with Crippen molar-refractivity contribution in [3.63, 3.8) is 0 Å². The Hall–Kier alpha value is -2.40. The lowest BCUT2D eigenvalue weighted by molar-refractivity contribution is 1.12. The average Bonchev–Trinajstić information content (AvgIpc) is 2.74. The number of anilines is 1. The van der Waals surface area contributed by atoms with Crippen LogP contribution in [0.5, 0.6) is 0 Å². The molecule has 0 amide bonds. The minimum Gasteiger partial charge on any atom is -0.358 e. The summed E-state index contributed by atoms with van der Waals surface area (Å²) in [5.41, 5.74) is 6.59. The van der Waals surface area contributed by atoms with Crippen LogP contribution in [0.1, 0.15) is 5.69 Å². The third-order valence-electron chi connectivity index (χ3n) is 2.93. The Labute approximate surface area is 104 Å². The molecule has 18 heavy (non-hydrogen) atoms. The lowest BCUT2D eigenvalue weighted by atomic mass is 10.1. The van der Waals surface area contributed by atoms with Gasteiger partial charge in [0.05, 0.1) is 5.69 Å². The van der Waals surface area contributed by atoms with Gasteiger partial charge in [-0.15, -0.1) is 0 Å². The van der Waals surface area contributed by atoms with E-state index in [0.717, 1.165) is 27.9 Å². The van der Waals surface area contributed by atoms with Gasteiger partial charge in [-0.25, -0.2) is 15.8 Å². The van der Waals surface area contributed by atoms with E-state index in [1.54, 1.807) is 6.20 Å². The number of hydrogen-bond donors (Lipinski definition) is 3. The van der Waals surface area contributed by atoms with Crippen LogP contribution in [-0.2, 0) is 0 Å². The number of H-pyrrole nitrogens is 1. The number of nitrogens with one attached hydrogen (secondary N) is 2. The van der Waals surface area contributed by atoms with E-state index in [2.05, 4.69) is 32.5 Å². The maximum absolute atomic E-state index is 5.34. The molecule has 3 rings (SSSR count). The Balaban J connectivity index is 2.27. The van der Waals surface area contributed by atoms with Crippen LogP contribution in [0.25, 0.3) is 22.2 Å². The van der Waals surface area contributed by atoms with Gasteiger partial charge < -0.3 is 4.98 Å². The second-order valence-corrected chi connectivity index (χ2v) is 4.08. The number of nitrogen functional groups attached to an aromatic ring is 1. The van der Waals surface area contributed by atoms with Crippen molar-refractivity contribution in [3.05, 3.63) is 42.2 Å². The monoisotopic (exact) mass is 239 g/mol. The van der Waals surface area contributed by atoms with Crippen molar-refractivity contribution in [2.75, 3.05) is 5.43 Å². The first-order chi connectivity index (χ1) is 8.79. The van der Waals surface area contributed by atoms with E-state index in [-0.39, 0.29) is 0 Å². The molecule has 2 heterocycles. The van der Waals surface area contributed by atoms with E-state index in [0.29, 0.717) is 5.95 Å². The number of fused-ring (bicyclic) bond motifs is 1. The summed E-state index contributed by atoms with van der Waals surface area (Å²) in [5, 5.41) is 1.15. The maximum Gasteiger partial charge on any atom is 0.237 e. The highest BCUT2D eigenvalue weighted by atomic mass is 15.3. The number of para-hydroxylation sites is 1. The molecule has 90 valence electrons. The molecule has 1 aromatic carbocycles. The molecule has 5 heteroatoms. The topological polar surface area (TPSA) is 79.6 Å².